The molecule has 0 saturated carbocycles. The highest BCUT2D eigenvalue weighted by Gasteiger charge is 2.10. The average Bonchev–Trinajstić information content (AvgIpc) is 2.47. The molecule has 0 aliphatic heterocycles. The third-order valence-corrected chi connectivity index (χ3v) is 4.21. The summed E-state index contributed by atoms with van der Waals surface area (Å²) < 4.78 is 5.52. The van der Waals surface area contributed by atoms with E-state index in [4.69, 9.17) is 0 Å². The molecule has 0 radical (unpaired) electrons. The molecule has 0 spiro atoms. The van der Waals surface area contributed by atoms with E-state index in [1.165, 1.54) is 23.9 Å². The van der Waals surface area contributed by atoms with E-state index in [0.717, 1.165) is 24.3 Å². The largest absolute Gasteiger partial charge is 0.296 e. The summed E-state index contributed by atoms with van der Waals surface area (Å²) in [6, 6.07) is 6.75. The van der Waals surface area contributed by atoms with E-state index in [9.17, 15) is 9.59 Å². The molecule has 0 heterocycles. The lowest BCUT2D eigenvalue weighted by Gasteiger charge is -2.06. The topological polar surface area (TPSA) is 58.2 Å². The third kappa shape index (κ3) is 5.88. The minimum atomic E-state index is -0.167. The van der Waals surface area contributed by atoms with E-state index < -0.39 is 0 Å². The molecule has 2 N–H and O–H groups in total. The van der Waals surface area contributed by atoms with Crippen molar-refractivity contribution in [3.63, 3.8) is 0 Å². The SMILES string of the molecule is CCCSNC(=O)c1cccc(C(=O)NSCCC)c1. The van der Waals surface area contributed by atoms with Crippen molar-refractivity contribution in [3.05, 3.63) is 35.4 Å². The number of hydrogen-bond acceptors (Lipinski definition) is 4. The predicted octanol–water partition coefficient (Wildman–Crippen LogP) is 3.26. The average molecular weight is 312 g/mol. The first-order valence-corrected chi connectivity index (χ1v) is 8.60. The molecule has 110 valence electrons. The van der Waals surface area contributed by atoms with Gasteiger partial charge in [0.15, 0.2) is 0 Å². The molecule has 0 saturated heterocycles. The van der Waals surface area contributed by atoms with E-state index in [2.05, 4.69) is 23.3 Å². The van der Waals surface area contributed by atoms with Crippen molar-refractivity contribution in [1.29, 1.82) is 0 Å². The van der Waals surface area contributed by atoms with Gasteiger partial charge in [-0.25, -0.2) is 0 Å². The summed E-state index contributed by atoms with van der Waals surface area (Å²) in [5, 5.41) is 0. The van der Waals surface area contributed by atoms with Crippen LogP contribution in [0.4, 0.5) is 0 Å². The minimum absolute atomic E-state index is 0.167. The van der Waals surface area contributed by atoms with Gasteiger partial charge >= 0.3 is 0 Å². The summed E-state index contributed by atoms with van der Waals surface area (Å²) in [6.45, 7) is 4.11. The number of carbonyl (C=O) groups excluding carboxylic acids is 2. The van der Waals surface area contributed by atoms with Gasteiger partial charge in [-0.05, 0) is 31.0 Å². The number of nitrogens with one attached hydrogen (secondary N) is 2. The number of benzene rings is 1. The van der Waals surface area contributed by atoms with Gasteiger partial charge in [0.1, 0.15) is 0 Å². The van der Waals surface area contributed by atoms with Gasteiger partial charge in [0.2, 0.25) is 0 Å². The standard InChI is InChI=1S/C14H20N2O2S2/c1-3-8-19-15-13(17)11-6-5-7-12(10-11)14(18)16-20-9-4-2/h5-7,10H,3-4,8-9H2,1-2H3,(H,15,17)(H,16,18). The van der Waals surface area contributed by atoms with Gasteiger partial charge in [-0.3, -0.25) is 19.0 Å². The molecule has 2 amide bonds. The van der Waals surface area contributed by atoms with Gasteiger partial charge < -0.3 is 0 Å². The van der Waals surface area contributed by atoms with Gasteiger partial charge in [0.05, 0.1) is 0 Å². The fraction of sp³-hybridized carbons (Fsp3) is 0.429. The Morgan fingerprint density at radius 2 is 1.40 bits per heavy atom. The summed E-state index contributed by atoms with van der Waals surface area (Å²) in [5.41, 5.74) is 1.00. The lowest BCUT2D eigenvalue weighted by atomic mass is 10.1. The van der Waals surface area contributed by atoms with Crippen LogP contribution in [0.3, 0.4) is 0 Å². The molecule has 4 nitrogen and oxygen atoms in total. The first-order valence-electron chi connectivity index (χ1n) is 6.63. The molecular formula is C14H20N2O2S2. The Balaban J connectivity index is 2.60. The van der Waals surface area contributed by atoms with Crippen LogP contribution < -0.4 is 9.44 Å². The molecule has 20 heavy (non-hydrogen) atoms. The quantitative estimate of drug-likeness (QED) is 0.571. The Kier molecular flexibility index (Phi) is 8.22. The summed E-state index contributed by atoms with van der Waals surface area (Å²) in [7, 11) is 0. The summed E-state index contributed by atoms with van der Waals surface area (Å²) in [4.78, 5) is 23.8. The van der Waals surface area contributed by atoms with E-state index >= 15 is 0 Å². The van der Waals surface area contributed by atoms with Gasteiger partial charge in [0, 0.05) is 22.6 Å². The monoisotopic (exact) mass is 312 g/mol. The molecule has 0 aliphatic carbocycles. The van der Waals surface area contributed by atoms with Crippen LogP contribution in [0, 0.1) is 0 Å². The van der Waals surface area contributed by atoms with Gasteiger partial charge in [0.25, 0.3) is 11.8 Å². The Morgan fingerprint density at radius 3 is 1.80 bits per heavy atom. The third-order valence-electron chi connectivity index (χ3n) is 2.33. The first-order chi connectivity index (χ1) is 9.69. The number of carbonyl (C=O) groups is 2. The van der Waals surface area contributed by atoms with E-state index in [0.29, 0.717) is 11.1 Å². The molecule has 0 atom stereocenters. The van der Waals surface area contributed by atoms with Gasteiger partial charge in [-0.2, -0.15) is 0 Å². The molecule has 1 rings (SSSR count). The highest BCUT2D eigenvalue weighted by Crippen LogP contribution is 2.09. The first kappa shape index (κ1) is 16.9. The van der Waals surface area contributed by atoms with Crippen molar-refractivity contribution in [1.82, 2.24) is 9.44 Å². The predicted molar refractivity (Wildman–Crippen MR) is 86.9 cm³/mol. The molecule has 1 aromatic rings. The van der Waals surface area contributed by atoms with Crippen molar-refractivity contribution < 1.29 is 9.59 Å². The highest BCUT2D eigenvalue weighted by molar-refractivity contribution is 7.98. The lowest BCUT2D eigenvalue weighted by molar-refractivity contribution is 0.0983. The Bertz CT molecular complexity index is 415. The number of rotatable bonds is 8. The van der Waals surface area contributed by atoms with Gasteiger partial charge in [-0.15, -0.1) is 0 Å². The molecule has 0 aliphatic rings. The minimum Gasteiger partial charge on any atom is -0.296 e. The smallest absolute Gasteiger partial charge is 0.261 e. The zero-order valence-corrected chi connectivity index (χ0v) is 13.4. The molecule has 0 unspecified atom stereocenters. The summed E-state index contributed by atoms with van der Waals surface area (Å²) in [5.74, 6) is 1.41. The van der Waals surface area contributed by atoms with Crippen LogP contribution in [0.5, 0.6) is 0 Å². The Hall–Kier alpha value is -1.14. The van der Waals surface area contributed by atoms with Crippen molar-refractivity contribution in [2.45, 2.75) is 26.7 Å². The van der Waals surface area contributed by atoms with Crippen LogP contribution in [0.1, 0.15) is 47.4 Å². The molecule has 1 aromatic carbocycles. The van der Waals surface area contributed by atoms with Crippen LogP contribution in [0.15, 0.2) is 24.3 Å². The zero-order valence-electron chi connectivity index (χ0n) is 11.8. The van der Waals surface area contributed by atoms with Gasteiger partial charge in [-0.1, -0.05) is 43.8 Å². The van der Waals surface area contributed by atoms with Crippen LogP contribution in [-0.2, 0) is 0 Å². The second-order valence-electron chi connectivity index (χ2n) is 4.14. The maximum atomic E-state index is 11.9. The van der Waals surface area contributed by atoms with E-state index in [-0.39, 0.29) is 11.8 Å². The number of amides is 2. The van der Waals surface area contributed by atoms with Crippen molar-refractivity contribution >= 4 is 35.7 Å². The maximum Gasteiger partial charge on any atom is 0.261 e. The second kappa shape index (κ2) is 9.72. The molecular weight excluding hydrogens is 292 g/mol. The van der Waals surface area contributed by atoms with E-state index in [1.807, 2.05) is 0 Å². The summed E-state index contributed by atoms with van der Waals surface area (Å²) in [6.07, 6.45) is 2.00. The van der Waals surface area contributed by atoms with E-state index in [1.54, 1.807) is 24.3 Å². The fourth-order valence-corrected chi connectivity index (χ4v) is 2.47. The Labute approximate surface area is 128 Å². The molecule has 0 bridgehead atoms. The van der Waals surface area contributed by atoms with Crippen molar-refractivity contribution in [2.24, 2.45) is 0 Å². The fourth-order valence-electron chi connectivity index (χ4n) is 1.36. The highest BCUT2D eigenvalue weighted by atomic mass is 32.2. The normalized spacial score (nSPS) is 10.1. The summed E-state index contributed by atoms with van der Waals surface area (Å²) >= 11 is 2.77. The zero-order chi connectivity index (χ0) is 14.8. The van der Waals surface area contributed by atoms with Crippen molar-refractivity contribution in [2.75, 3.05) is 11.5 Å². The van der Waals surface area contributed by atoms with Crippen molar-refractivity contribution in [3.8, 4) is 0 Å². The van der Waals surface area contributed by atoms with Crippen LogP contribution in [0.25, 0.3) is 0 Å². The molecule has 0 aromatic heterocycles. The molecule has 6 heteroatoms. The number of hydrogen-bond donors (Lipinski definition) is 2. The second-order valence-corrected chi connectivity index (χ2v) is 5.94. The maximum absolute atomic E-state index is 11.9. The lowest BCUT2D eigenvalue weighted by Crippen LogP contribution is -2.19. The van der Waals surface area contributed by atoms with Crippen LogP contribution in [-0.4, -0.2) is 23.3 Å². The van der Waals surface area contributed by atoms with Crippen LogP contribution in [0.2, 0.25) is 0 Å². The Morgan fingerprint density at radius 1 is 0.950 bits per heavy atom. The molecule has 0 fully saturated rings. The van der Waals surface area contributed by atoms with Crippen LogP contribution >= 0.6 is 23.9 Å².